The molecule has 0 bridgehead atoms. The van der Waals surface area contributed by atoms with Crippen LogP contribution in [0.15, 0.2) is 6.07 Å². The number of thiophene rings is 1. The van der Waals surface area contributed by atoms with E-state index in [0.29, 0.717) is 11.4 Å². The summed E-state index contributed by atoms with van der Waals surface area (Å²) in [7, 11) is 0. The third-order valence-electron chi connectivity index (χ3n) is 3.69. The van der Waals surface area contributed by atoms with E-state index in [2.05, 4.69) is 5.32 Å². The first-order valence-corrected chi connectivity index (χ1v) is 7.68. The second kappa shape index (κ2) is 6.09. The molecule has 0 saturated heterocycles. The van der Waals surface area contributed by atoms with Crippen LogP contribution in [0.5, 0.6) is 0 Å². The zero-order valence-corrected chi connectivity index (χ0v) is 12.4. The highest BCUT2D eigenvalue weighted by Crippen LogP contribution is 2.37. The van der Waals surface area contributed by atoms with Gasteiger partial charge in [0.25, 0.3) is 0 Å². The molecule has 1 aliphatic rings. The fourth-order valence-electron chi connectivity index (χ4n) is 2.38. The van der Waals surface area contributed by atoms with E-state index < -0.39 is 17.8 Å². The molecule has 4 nitrogen and oxygen atoms in total. The number of hydrogen-bond donors (Lipinski definition) is 2. The minimum atomic E-state index is -2.68. The molecule has 2 rings (SSSR count). The number of carbonyl (C=O) groups is 2. The molecule has 116 valence electrons. The Morgan fingerprint density at radius 1 is 1.43 bits per heavy atom. The molecule has 1 fully saturated rings. The molecule has 0 atom stereocenters. The summed E-state index contributed by atoms with van der Waals surface area (Å²) in [6, 6.07) is 1.54. The number of rotatable bonds is 4. The number of nitrogens with one attached hydrogen (secondary N) is 1. The van der Waals surface area contributed by atoms with Crippen molar-refractivity contribution in [3.05, 3.63) is 16.5 Å². The molecule has 2 N–H and O–H groups in total. The van der Waals surface area contributed by atoms with E-state index in [1.807, 2.05) is 6.92 Å². The van der Waals surface area contributed by atoms with Gasteiger partial charge in [-0.1, -0.05) is 6.92 Å². The van der Waals surface area contributed by atoms with Crippen LogP contribution in [0.25, 0.3) is 0 Å². The zero-order chi connectivity index (χ0) is 15.6. The van der Waals surface area contributed by atoms with Crippen molar-refractivity contribution < 1.29 is 23.5 Å². The summed E-state index contributed by atoms with van der Waals surface area (Å²) in [5.41, 5.74) is 0.0614. The number of aryl methyl sites for hydroxylation is 1. The van der Waals surface area contributed by atoms with Crippen molar-refractivity contribution in [1.29, 1.82) is 0 Å². The number of anilines is 1. The van der Waals surface area contributed by atoms with Gasteiger partial charge in [0.05, 0.1) is 5.56 Å². The first-order chi connectivity index (χ1) is 9.82. The van der Waals surface area contributed by atoms with E-state index in [4.69, 9.17) is 5.11 Å². The Kier molecular flexibility index (Phi) is 4.61. The van der Waals surface area contributed by atoms with Gasteiger partial charge in [0.1, 0.15) is 5.00 Å². The average Bonchev–Trinajstić information content (AvgIpc) is 2.81. The van der Waals surface area contributed by atoms with Gasteiger partial charge in [-0.25, -0.2) is 13.6 Å². The van der Waals surface area contributed by atoms with Crippen LogP contribution in [0, 0.1) is 5.92 Å². The molecular formula is C14H17F2NO3S. The van der Waals surface area contributed by atoms with Crippen LogP contribution in [-0.2, 0) is 11.2 Å². The van der Waals surface area contributed by atoms with Gasteiger partial charge in [0.15, 0.2) is 0 Å². The van der Waals surface area contributed by atoms with Gasteiger partial charge in [-0.3, -0.25) is 4.79 Å². The summed E-state index contributed by atoms with van der Waals surface area (Å²) in [5.74, 6) is -4.62. The maximum atomic E-state index is 13.1. The molecule has 7 heteroatoms. The van der Waals surface area contributed by atoms with Crippen molar-refractivity contribution in [3.8, 4) is 0 Å². The Morgan fingerprint density at radius 2 is 2.05 bits per heavy atom. The van der Waals surface area contributed by atoms with Crippen molar-refractivity contribution in [3.63, 3.8) is 0 Å². The smallest absolute Gasteiger partial charge is 0.338 e. The van der Waals surface area contributed by atoms with Crippen molar-refractivity contribution in [2.24, 2.45) is 5.92 Å². The van der Waals surface area contributed by atoms with Gasteiger partial charge in [-0.05, 0) is 25.3 Å². The maximum Gasteiger partial charge on any atom is 0.338 e. The SMILES string of the molecule is CCc1cc(C(=O)O)c(NC(=O)C2CCC(F)(F)CC2)s1. The summed E-state index contributed by atoms with van der Waals surface area (Å²) < 4.78 is 26.2. The lowest BCUT2D eigenvalue weighted by molar-refractivity contribution is -0.123. The van der Waals surface area contributed by atoms with Crippen LogP contribution < -0.4 is 5.32 Å². The molecule has 0 aromatic carbocycles. The molecule has 1 aromatic heterocycles. The highest BCUT2D eigenvalue weighted by atomic mass is 32.1. The molecule has 1 saturated carbocycles. The summed E-state index contributed by atoms with van der Waals surface area (Å²) in [5, 5.41) is 12.0. The molecule has 21 heavy (non-hydrogen) atoms. The highest BCUT2D eigenvalue weighted by Gasteiger charge is 2.37. The Balaban J connectivity index is 2.06. The van der Waals surface area contributed by atoms with Crippen LogP contribution in [0.2, 0.25) is 0 Å². The second-order valence-electron chi connectivity index (χ2n) is 5.23. The van der Waals surface area contributed by atoms with Crippen molar-refractivity contribution in [1.82, 2.24) is 0 Å². The van der Waals surface area contributed by atoms with Crippen molar-refractivity contribution in [2.75, 3.05) is 5.32 Å². The van der Waals surface area contributed by atoms with Gasteiger partial charge in [0, 0.05) is 23.6 Å². The molecule has 1 amide bonds. The minimum absolute atomic E-state index is 0.0614. The lowest BCUT2D eigenvalue weighted by Gasteiger charge is -2.27. The van der Waals surface area contributed by atoms with Gasteiger partial charge >= 0.3 is 5.97 Å². The summed E-state index contributed by atoms with van der Waals surface area (Å²) in [4.78, 5) is 24.1. The fraction of sp³-hybridized carbons (Fsp3) is 0.571. The monoisotopic (exact) mass is 317 g/mol. The standard InChI is InChI=1S/C14H17F2NO3S/c1-2-9-7-10(13(19)20)12(21-9)17-11(18)8-3-5-14(15,16)6-4-8/h7-8H,2-6H2,1H3,(H,17,18)(H,19,20). The maximum absolute atomic E-state index is 13.1. The fourth-order valence-corrected chi connectivity index (χ4v) is 3.38. The number of amides is 1. The van der Waals surface area contributed by atoms with E-state index in [1.54, 1.807) is 0 Å². The van der Waals surface area contributed by atoms with Gasteiger partial charge in [0.2, 0.25) is 11.8 Å². The Hall–Kier alpha value is -1.50. The topological polar surface area (TPSA) is 66.4 Å². The first kappa shape index (κ1) is 15.9. The van der Waals surface area contributed by atoms with Crippen LogP contribution >= 0.6 is 11.3 Å². The van der Waals surface area contributed by atoms with E-state index in [1.165, 1.54) is 17.4 Å². The van der Waals surface area contributed by atoms with Crippen LogP contribution in [-0.4, -0.2) is 22.9 Å². The Morgan fingerprint density at radius 3 is 2.57 bits per heavy atom. The number of alkyl halides is 2. The number of aromatic carboxylic acids is 1. The molecular weight excluding hydrogens is 300 g/mol. The zero-order valence-electron chi connectivity index (χ0n) is 11.6. The number of hydrogen-bond acceptors (Lipinski definition) is 3. The second-order valence-corrected chi connectivity index (χ2v) is 6.37. The van der Waals surface area contributed by atoms with Crippen molar-refractivity contribution >= 4 is 28.2 Å². The van der Waals surface area contributed by atoms with Crippen LogP contribution in [0.1, 0.15) is 47.8 Å². The van der Waals surface area contributed by atoms with E-state index in [0.717, 1.165) is 4.88 Å². The molecule has 1 heterocycles. The van der Waals surface area contributed by atoms with E-state index in [-0.39, 0.29) is 37.2 Å². The summed E-state index contributed by atoms with van der Waals surface area (Å²) in [6.07, 6.45) is 0.361. The molecule has 0 radical (unpaired) electrons. The highest BCUT2D eigenvalue weighted by molar-refractivity contribution is 7.16. The van der Waals surface area contributed by atoms with E-state index in [9.17, 15) is 18.4 Å². The number of halogens is 2. The number of carboxylic acids is 1. The number of carbonyl (C=O) groups excluding carboxylic acids is 1. The van der Waals surface area contributed by atoms with Crippen molar-refractivity contribution in [2.45, 2.75) is 45.0 Å². The van der Waals surface area contributed by atoms with Gasteiger partial charge < -0.3 is 10.4 Å². The first-order valence-electron chi connectivity index (χ1n) is 6.87. The average molecular weight is 317 g/mol. The molecule has 0 spiro atoms. The third kappa shape index (κ3) is 3.78. The van der Waals surface area contributed by atoms with E-state index >= 15 is 0 Å². The lowest BCUT2D eigenvalue weighted by atomic mass is 9.86. The normalized spacial score (nSPS) is 18.4. The number of carboxylic acid groups (broad SMARTS) is 1. The molecule has 0 aliphatic heterocycles. The lowest BCUT2D eigenvalue weighted by Crippen LogP contribution is -2.31. The van der Waals surface area contributed by atoms with Crippen LogP contribution in [0.3, 0.4) is 0 Å². The molecule has 1 aromatic rings. The molecule has 0 unspecified atom stereocenters. The quantitative estimate of drug-likeness (QED) is 0.888. The predicted molar refractivity (Wildman–Crippen MR) is 76.2 cm³/mol. The van der Waals surface area contributed by atoms with Gasteiger partial charge in [-0.2, -0.15) is 0 Å². The minimum Gasteiger partial charge on any atom is -0.478 e. The Labute approximate surface area is 125 Å². The summed E-state index contributed by atoms with van der Waals surface area (Å²) in [6.45, 7) is 1.90. The summed E-state index contributed by atoms with van der Waals surface area (Å²) >= 11 is 1.22. The largest absolute Gasteiger partial charge is 0.478 e. The Bertz CT molecular complexity index is 546. The molecule has 1 aliphatic carbocycles. The van der Waals surface area contributed by atoms with Gasteiger partial charge in [-0.15, -0.1) is 11.3 Å². The third-order valence-corrected chi connectivity index (χ3v) is 4.88. The van der Waals surface area contributed by atoms with Crippen LogP contribution in [0.4, 0.5) is 13.8 Å². The predicted octanol–water partition coefficient (Wildman–Crippen LogP) is 3.77.